The number of nitrogens with one attached hydrogen (secondary N) is 1. The smallest absolute Gasteiger partial charge is 0.339 e. The summed E-state index contributed by atoms with van der Waals surface area (Å²) in [4.78, 5) is 49.8. The Kier molecular flexibility index (Phi) is 6.18. The third-order valence-corrected chi connectivity index (χ3v) is 4.98. The average Bonchev–Trinajstić information content (AvgIpc) is 2.82. The van der Waals surface area contributed by atoms with Crippen molar-refractivity contribution in [1.29, 1.82) is 0 Å². The van der Waals surface area contributed by atoms with Crippen molar-refractivity contribution in [1.82, 2.24) is 5.32 Å². The predicted molar refractivity (Wildman–Crippen MR) is 120 cm³/mol. The first-order chi connectivity index (χ1) is 16.3. The Labute approximate surface area is 192 Å². The van der Waals surface area contributed by atoms with Gasteiger partial charge in [-0.1, -0.05) is 48.5 Å². The molecule has 0 saturated carbocycles. The van der Waals surface area contributed by atoms with E-state index in [4.69, 9.17) is 4.74 Å². The number of amides is 4. The van der Waals surface area contributed by atoms with Crippen LogP contribution >= 0.6 is 0 Å². The van der Waals surface area contributed by atoms with Gasteiger partial charge in [-0.2, -0.15) is 0 Å². The SMILES string of the molecule is O=C1NC(=O)N(c2ccccc2F)C(=O)/C1=C\c1ccc(OCc2ccccc2)c(C(=O)O)c1. The van der Waals surface area contributed by atoms with E-state index in [-0.39, 0.29) is 29.2 Å². The molecule has 4 amide bonds. The highest BCUT2D eigenvalue weighted by Gasteiger charge is 2.38. The summed E-state index contributed by atoms with van der Waals surface area (Å²) >= 11 is 0. The average molecular weight is 460 g/mol. The number of imide groups is 2. The lowest BCUT2D eigenvalue weighted by Crippen LogP contribution is -2.54. The summed E-state index contributed by atoms with van der Waals surface area (Å²) in [6.07, 6.45) is 1.13. The Bertz CT molecular complexity index is 1340. The number of carbonyl (C=O) groups excluding carboxylic acids is 3. The molecule has 3 aromatic carbocycles. The number of nitrogens with zero attached hydrogens (tertiary/aromatic N) is 1. The van der Waals surface area contributed by atoms with E-state index in [1.165, 1.54) is 36.4 Å². The number of barbiturate groups is 1. The Morgan fingerprint density at radius 1 is 1.00 bits per heavy atom. The molecule has 0 bridgehead atoms. The Balaban J connectivity index is 1.65. The zero-order chi connectivity index (χ0) is 24.2. The number of carboxylic acids is 1. The van der Waals surface area contributed by atoms with Crippen LogP contribution in [0.1, 0.15) is 21.5 Å². The lowest BCUT2D eigenvalue weighted by molar-refractivity contribution is -0.122. The van der Waals surface area contributed by atoms with Crippen LogP contribution in [0.2, 0.25) is 0 Å². The van der Waals surface area contributed by atoms with Crippen LogP contribution in [0, 0.1) is 5.82 Å². The third kappa shape index (κ3) is 4.53. The molecule has 3 aromatic rings. The second-order valence-electron chi connectivity index (χ2n) is 7.24. The number of halogens is 1. The first-order valence-electron chi connectivity index (χ1n) is 10.0. The van der Waals surface area contributed by atoms with E-state index in [0.29, 0.717) is 4.90 Å². The normalized spacial score (nSPS) is 14.8. The number of carbonyl (C=O) groups is 4. The van der Waals surface area contributed by atoms with Crippen LogP contribution in [-0.4, -0.2) is 28.9 Å². The lowest BCUT2D eigenvalue weighted by atomic mass is 10.0. The summed E-state index contributed by atoms with van der Waals surface area (Å²) in [5, 5.41) is 11.6. The molecule has 1 fully saturated rings. The predicted octanol–water partition coefficient (Wildman–Crippen LogP) is 3.77. The first kappa shape index (κ1) is 22.4. The van der Waals surface area contributed by atoms with Crippen LogP contribution in [0.15, 0.2) is 78.4 Å². The highest BCUT2D eigenvalue weighted by atomic mass is 19.1. The molecule has 4 rings (SSSR count). The molecule has 0 radical (unpaired) electrons. The van der Waals surface area contributed by atoms with Gasteiger partial charge in [-0.05, 0) is 41.5 Å². The van der Waals surface area contributed by atoms with Gasteiger partial charge in [0, 0.05) is 0 Å². The second-order valence-corrected chi connectivity index (χ2v) is 7.24. The standard InChI is InChI=1S/C25H17FN2O6/c26-19-8-4-5-9-20(19)28-23(30)18(22(29)27-25(28)33)13-16-10-11-21(17(12-16)24(31)32)34-14-15-6-2-1-3-7-15/h1-13H,14H2,(H,31,32)(H,27,29,33)/b18-13-. The first-order valence-corrected chi connectivity index (χ1v) is 10.0. The molecule has 1 heterocycles. The van der Waals surface area contributed by atoms with Gasteiger partial charge in [0.1, 0.15) is 29.3 Å². The summed E-state index contributed by atoms with van der Waals surface area (Å²) in [7, 11) is 0. The molecule has 1 saturated heterocycles. The highest BCUT2D eigenvalue weighted by molar-refractivity contribution is 6.39. The van der Waals surface area contributed by atoms with Gasteiger partial charge in [-0.25, -0.2) is 18.9 Å². The van der Waals surface area contributed by atoms with E-state index in [9.17, 15) is 28.7 Å². The molecule has 1 aliphatic heterocycles. The summed E-state index contributed by atoms with van der Waals surface area (Å²) in [6.45, 7) is 0.141. The quantitative estimate of drug-likeness (QED) is 0.428. The van der Waals surface area contributed by atoms with E-state index in [1.54, 1.807) is 0 Å². The third-order valence-electron chi connectivity index (χ3n) is 4.98. The fraction of sp³-hybridized carbons (Fsp3) is 0.0400. The maximum absolute atomic E-state index is 14.2. The molecular weight excluding hydrogens is 443 g/mol. The van der Waals surface area contributed by atoms with Crippen molar-refractivity contribution in [3.05, 3.63) is 101 Å². The number of anilines is 1. The summed E-state index contributed by atoms with van der Waals surface area (Å²) in [5.74, 6) is -4.02. The fourth-order valence-corrected chi connectivity index (χ4v) is 3.34. The number of ether oxygens (including phenoxy) is 1. The monoisotopic (exact) mass is 460 g/mol. The van der Waals surface area contributed by atoms with Gasteiger partial charge in [0.15, 0.2) is 0 Å². The lowest BCUT2D eigenvalue weighted by Gasteiger charge is -2.26. The van der Waals surface area contributed by atoms with Crippen LogP contribution in [-0.2, 0) is 16.2 Å². The molecule has 0 unspecified atom stereocenters. The maximum atomic E-state index is 14.2. The highest BCUT2D eigenvalue weighted by Crippen LogP contribution is 2.26. The van der Waals surface area contributed by atoms with Crippen molar-refractivity contribution in [3.8, 4) is 5.75 Å². The Morgan fingerprint density at radius 2 is 1.71 bits per heavy atom. The molecule has 170 valence electrons. The van der Waals surface area contributed by atoms with Gasteiger partial charge < -0.3 is 9.84 Å². The minimum atomic E-state index is -1.27. The van der Waals surface area contributed by atoms with Crippen LogP contribution in [0.5, 0.6) is 5.75 Å². The summed E-state index contributed by atoms with van der Waals surface area (Å²) in [5.41, 5.74) is 0.0746. The van der Waals surface area contributed by atoms with Gasteiger partial charge in [0.05, 0.1) is 5.69 Å². The molecule has 9 heteroatoms. The molecule has 0 aliphatic carbocycles. The van der Waals surface area contributed by atoms with Crippen molar-refractivity contribution in [2.24, 2.45) is 0 Å². The van der Waals surface area contributed by atoms with Crippen LogP contribution in [0.25, 0.3) is 6.08 Å². The topological polar surface area (TPSA) is 113 Å². The minimum Gasteiger partial charge on any atom is -0.488 e. The molecule has 0 aromatic heterocycles. The van der Waals surface area contributed by atoms with Crippen LogP contribution < -0.4 is 15.0 Å². The number of hydrogen-bond acceptors (Lipinski definition) is 5. The fourth-order valence-electron chi connectivity index (χ4n) is 3.34. The van der Waals surface area contributed by atoms with Gasteiger partial charge in [-0.3, -0.25) is 14.9 Å². The number of carboxylic acid groups (broad SMARTS) is 1. The van der Waals surface area contributed by atoms with Crippen molar-refractivity contribution in [2.75, 3.05) is 4.90 Å². The summed E-state index contributed by atoms with van der Waals surface area (Å²) in [6, 6.07) is 17.3. The number of urea groups is 1. The molecule has 0 atom stereocenters. The molecule has 2 N–H and O–H groups in total. The van der Waals surface area contributed by atoms with E-state index in [0.717, 1.165) is 17.7 Å². The minimum absolute atomic E-state index is 0.0982. The van der Waals surface area contributed by atoms with E-state index in [1.807, 2.05) is 35.6 Å². The Morgan fingerprint density at radius 3 is 2.41 bits per heavy atom. The number of hydrogen-bond donors (Lipinski definition) is 2. The van der Waals surface area contributed by atoms with Crippen molar-refractivity contribution >= 4 is 35.6 Å². The van der Waals surface area contributed by atoms with E-state index in [2.05, 4.69) is 0 Å². The molecular formula is C25H17FN2O6. The van der Waals surface area contributed by atoms with Gasteiger partial charge in [0.2, 0.25) is 0 Å². The molecule has 1 aliphatic rings. The van der Waals surface area contributed by atoms with Crippen LogP contribution in [0.3, 0.4) is 0 Å². The number of rotatable bonds is 6. The largest absolute Gasteiger partial charge is 0.488 e. The van der Waals surface area contributed by atoms with Crippen molar-refractivity contribution in [2.45, 2.75) is 6.61 Å². The molecule has 34 heavy (non-hydrogen) atoms. The van der Waals surface area contributed by atoms with Gasteiger partial charge in [0.25, 0.3) is 11.8 Å². The zero-order valence-corrected chi connectivity index (χ0v) is 17.5. The zero-order valence-electron chi connectivity index (χ0n) is 17.5. The van der Waals surface area contributed by atoms with E-state index >= 15 is 0 Å². The second kappa shape index (κ2) is 9.37. The number of benzene rings is 3. The molecule has 0 spiro atoms. The number of aromatic carboxylic acids is 1. The van der Waals surface area contributed by atoms with E-state index < -0.39 is 35.2 Å². The van der Waals surface area contributed by atoms with Crippen molar-refractivity contribution in [3.63, 3.8) is 0 Å². The number of para-hydroxylation sites is 1. The Hall–Kier alpha value is -4.79. The summed E-state index contributed by atoms with van der Waals surface area (Å²) < 4.78 is 19.8. The van der Waals surface area contributed by atoms with Crippen LogP contribution in [0.4, 0.5) is 14.9 Å². The molecule has 8 nitrogen and oxygen atoms in total. The van der Waals surface area contributed by atoms with Gasteiger partial charge in [-0.15, -0.1) is 0 Å². The van der Waals surface area contributed by atoms with Gasteiger partial charge >= 0.3 is 12.0 Å². The maximum Gasteiger partial charge on any atom is 0.339 e. The van der Waals surface area contributed by atoms with Crippen molar-refractivity contribution < 1.29 is 33.4 Å².